The number of amides is 2. The molecule has 0 saturated carbocycles. The second-order valence-electron chi connectivity index (χ2n) is 12.3. The molecule has 0 saturated heterocycles. The molecular weight excluding hydrogens is 612 g/mol. The molecule has 3 rings (SSSR count). The van der Waals surface area contributed by atoms with E-state index in [1.54, 1.807) is 90.1 Å². The quantitative estimate of drug-likeness (QED) is 0.348. The third kappa shape index (κ3) is 14.8. The molecule has 0 aromatic heterocycles. The SMILES string of the molecule is CC(C)(C)OC(=O)N1c2cccc(c2)OCCOCCOCCOCCOCCOCCOc2cccc(c2)N1C(=O)OC(C)(C)C. The van der Waals surface area contributed by atoms with E-state index in [1.807, 2.05) is 0 Å². The summed E-state index contributed by atoms with van der Waals surface area (Å²) in [5.74, 6) is 0.909. The van der Waals surface area contributed by atoms with Crippen molar-refractivity contribution in [3.63, 3.8) is 0 Å². The summed E-state index contributed by atoms with van der Waals surface area (Å²) in [5, 5.41) is 2.25. The van der Waals surface area contributed by atoms with Gasteiger partial charge in [0.1, 0.15) is 35.9 Å². The molecule has 13 nitrogen and oxygen atoms in total. The molecule has 4 bridgehead atoms. The number of benzene rings is 2. The van der Waals surface area contributed by atoms with E-state index >= 15 is 0 Å². The first-order valence-corrected chi connectivity index (χ1v) is 15.8. The molecular formula is C34H50N2O11. The standard InChI is InChI=1S/C34H50N2O11/c1-33(2,3)46-31(37)35-27-9-7-11-29(25-27)44-23-21-42-19-17-40-15-13-39-14-16-41-18-20-43-22-24-45-30-12-8-10-28(26-30)36(35)32(38)47-34(4,5)6/h7-12,25-26H,13-24H2,1-6H3. The van der Waals surface area contributed by atoms with E-state index in [0.717, 1.165) is 10.0 Å². The fourth-order valence-electron chi connectivity index (χ4n) is 4.04. The molecule has 2 aromatic rings. The zero-order valence-corrected chi connectivity index (χ0v) is 28.5. The van der Waals surface area contributed by atoms with Crippen LogP contribution >= 0.6 is 0 Å². The molecule has 262 valence electrons. The average Bonchev–Trinajstić information content (AvgIpc) is 2.99. The van der Waals surface area contributed by atoms with Gasteiger partial charge in [0.2, 0.25) is 0 Å². The first-order chi connectivity index (χ1) is 22.4. The molecule has 0 aliphatic carbocycles. The van der Waals surface area contributed by atoms with Crippen molar-refractivity contribution in [3.8, 4) is 11.5 Å². The highest BCUT2D eigenvalue weighted by Gasteiger charge is 2.36. The van der Waals surface area contributed by atoms with Crippen molar-refractivity contribution in [2.45, 2.75) is 52.7 Å². The molecule has 13 heteroatoms. The molecule has 0 atom stereocenters. The number of fused-ring (bicyclic) bond motifs is 4. The van der Waals surface area contributed by atoms with Crippen molar-refractivity contribution < 1.29 is 52.2 Å². The highest BCUT2D eigenvalue weighted by Crippen LogP contribution is 2.31. The zero-order valence-electron chi connectivity index (χ0n) is 28.5. The fourth-order valence-corrected chi connectivity index (χ4v) is 4.04. The predicted octanol–water partition coefficient (Wildman–Crippen LogP) is 5.64. The maximum absolute atomic E-state index is 13.9. The van der Waals surface area contributed by atoms with E-state index in [9.17, 15) is 9.59 Å². The van der Waals surface area contributed by atoms with Crippen molar-refractivity contribution in [1.82, 2.24) is 0 Å². The van der Waals surface area contributed by atoms with Gasteiger partial charge in [-0.15, -0.1) is 0 Å². The summed E-state index contributed by atoms with van der Waals surface area (Å²) in [4.78, 5) is 27.8. The number of rotatable bonds is 0. The number of hydrogen-bond donors (Lipinski definition) is 0. The normalized spacial score (nSPS) is 17.4. The lowest BCUT2D eigenvalue weighted by molar-refractivity contribution is -0.0141. The molecule has 0 fully saturated rings. The van der Waals surface area contributed by atoms with Crippen LogP contribution in [0.5, 0.6) is 11.5 Å². The average molecular weight is 663 g/mol. The minimum Gasteiger partial charge on any atom is -0.491 e. The minimum absolute atomic E-state index is 0.248. The van der Waals surface area contributed by atoms with E-state index in [-0.39, 0.29) is 13.2 Å². The number of carbonyl (C=O) groups is 2. The molecule has 0 spiro atoms. The van der Waals surface area contributed by atoms with Crippen LogP contribution in [-0.2, 0) is 33.2 Å². The van der Waals surface area contributed by atoms with Gasteiger partial charge in [0.15, 0.2) is 0 Å². The van der Waals surface area contributed by atoms with Crippen LogP contribution in [0, 0.1) is 0 Å². The monoisotopic (exact) mass is 662 g/mol. The molecule has 1 aliphatic heterocycles. The zero-order chi connectivity index (χ0) is 34.1. The summed E-state index contributed by atoms with van der Waals surface area (Å²) in [5.41, 5.74) is -1.13. The Kier molecular flexibility index (Phi) is 15.5. The number of hydrogen-bond acceptors (Lipinski definition) is 11. The Hall–Kier alpha value is -3.62. The third-order valence-corrected chi connectivity index (χ3v) is 5.94. The summed E-state index contributed by atoms with van der Waals surface area (Å²) >= 11 is 0. The Morgan fingerprint density at radius 3 is 1.11 bits per heavy atom. The molecule has 0 unspecified atom stereocenters. The lowest BCUT2D eigenvalue weighted by Crippen LogP contribution is -2.53. The van der Waals surface area contributed by atoms with Crippen molar-refractivity contribution in [3.05, 3.63) is 48.5 Å². The number of hydrazine groups is 1. The van der Waals surface area contributed by atoms with Crippen LogP contribution in [-0.4, -0.2) is 103 Å². The fraction of sp³-hybridized carbons (Fsp3) is 0.588. The van der Waals surface area contributed by atoms with Gasteiger partial charge in [0, 0.05) is 12.1 Å². The Bertz CT molecular complexity index is 1140. The van der Waals surface area contributed by atoms with Crippen molar-refractivity contribution in [2.24, 2.45) is 0 Å². The Labute approximate surface area is 277 Å². The highest BCUT2D eigenvalue weighted by atomic mass is 16.6. The van der Waals surface area contributed by atoms with E-state index in [1.165, 1.54) is 0 Å². The summed E-state index contributed by atoms with van der Waals surface area (Å²) in [6.45, 7) is 15.1. The summed E-state index contributed by atoms with van der Waals surface area (Å²) < 4.78 is 51.2. The van der Waals surface area contributed by atoms with Crippen LogP contribution in [0.2, 0.25) is 0 Å². The predicted molar refractivity (Wildman–Crippen MR) is 175 cm³/mol. The highest BCUT2D eigenvalue weighted by molar-refractivity contribution is 6.02. The van der Waals surface area contributed by atoms with Gasteiger partial charge in [-0.2, -0.15) is 10.0 Å². The third-order valence-electron chi connectivity index (χ3n) is 5.94. The summed E-state index contributed by atoms with van der Waals surface area (Å²) in [7, 11) is 0. The maximum Gasteiger partial charge on any atom is 0.434 e. The van der Waals surface area contributed by atoms with Crippen LogP contribution in [0.3, 0.4) is 0 Å². The second kappa shape index (κ2) is 19.3. The number of ether oxygens (including phenoxy) is 9. The number of carbonyl (C=O) groups excluding carboxylic acids is 2. The van der Waals surface area contributed by atoms with Crippen LogP contribution in [0.4, 0.5) is 21.0 Å². The van der Waals surface area contributed by atoms with Crippen LogP contribution in [0.15, 0.2) is 48.5 Å². The maximum atomic E-state index is 13.9. The first-order valence-electron chi connectivity index (χ1n) is 15.8. The molecule has 0 N–H and O–H groups in total. The van der Waals surface area contributed by atoms with Gasteiger partial charge >= 0.3 is 12.2 Å². The van der Waals surface area contributed by atoms with Crippen LogP contribution < -0.4 is 19.5 Å². The van der Waals surface area contributed by atoms with Crippen molar-refractivity contribution in [1.29, 1.82) is 0 Å². The smallest absolute Gasteiger partial charge is 0.434 e. The molecule has 1 heterocycles. The summed E-state index contributed by atoms with van der Waals surface area (Å²) in [6, 6.07) is 13.5. The molecule has 2 aromatic carbocycles. The Morgan fingerprint density at radius 1 is 0.511 bits per heavy atom. The Balaban J connectivity index is 1.93. The van der Waals surface area contributed by atoms with Crippen LogP contribution in [0.25, 0.3) is 0 Å². The van der Waals surface area contributed by atoms with E-state index < -0.39 is 23.4 Å². The van der Waals surface area contributed by atoms with Gasteiger partial charge in [-0.3, -0.25) is 0 Å². The topological polar surface area (TPSA) is 124 Å². The number of nitrogens with zero attached hydrogens (tertiary/aromatic N) is 2. The van der Waals surface area contributed by atoms with Gasteiger partial charge < -0.3 is 42.6 Å². The Morgan fingerprint density at radius 2 is 0.809 bits per heavy atom. The van der Waals surface area contributed by atoms with Crippen molar-refractivity contribution in [2.75, 3.05) is 89.3 Å². The summed E-state index contributed by atoms with van der Waals surface area (Å²) in [6.07, 6.45) is -1.61. The molecule has 1 aliphatic rings. The van der Waals surface area contributed by atoms with Gasteiger partial charge in [0.05, 0.1) is 77.4 Å². The second-order valence-corrected chi connectivity index (χ2v) is 12.3. The van der Waals surface area contributed by atoms with E-state index in [0.29, 0.717) is 88.9 Å². The first kappa shape index (κ1) is 37.8. The minimum atomic E-state index is -0.870. The van der Waals surface area contributed by atoms with Gasteiger partial charge in [-0.1, -0.05) is 12.1 Å². The molecule has 47 heavy (non-hydrogen) atoms. The molecule has 0 radical (unpaired) electrons. The molecule has 2 amide bonds. The van der Waals surface area contributed by atoms with Gasteiger partial charge in [-0.05, 0) is 65.8 Å². The lowest BCUT2D eigenvalue weighted by Gasteiger charge is -2.36. The largest absolute Gasteiger partial charge is 0.491 e. The van der Waals surface area contributed by atoms with Crippen molar-refractivity contribution >= 4 is 23.6 Å². The van der Waals surface area contributed by atoms with Crippen LogP contribution in [0.1, 0.15) is 41.5 Å². The van der Waals surface area contributed by atoms with E-state index in [4.69, 9.17) is 42.6 Å². The lowest BCUT2D eigenvalue weighted by atomic mass is 10.2. The van der Waals surface area contributed by atoms with Gasteiger partial charge in [0.25, 0.3) is 0 Å². The van der Waals surface area contributed by atoms with E-state index in [2.05, 4.69) is 0 Å². The number of anilines is 2. The van der Waals surface area contributed by atoms with Gasteiger partial charge in [-0.25, -0.2) is 9.59 Å².